The fraction of sp³-hybridized carbons (Fsp3) is 0.586. The van der Waals surface area contributed by atoms with Gasteiger partial charge in [0.25, 0.3) is 0 Å². The van der Waals surface area contributed by atoms with E-state index < -0.39 is 11.9 Å². The number of aromatic nitrogens is 1. The van der Waals surface area contributed by atoms with Crippen molar-refractivity contribution in [2.45, 2.75) is 71.5 Å². The van der Waals surface area contributed by atoms with Crippen LogP contribution in [0.25, 0.3) is 0 Å². The van der Waals surface area contributed by atoms with Crippen molar-refractivity contribution in [2.75, 3.05) is 0 Å². The van der Waals surface area contributed by atoms with E-state index >= 15 is 0 Å². The molecule has 0 bridgehead atoms. The molecule has 184 valence electrons. The minimum atomic E-state index is -0.799. The number of fused-ring (bicyclic) bond motifs is 1. The van der Waals surface area contributed by atoms with Gasteiger partial charge in [0.1, 0.15) is 0 Å². The molecule has 1 aromatic rings. The summed E-state index contributed by atoms with van der Waals surface area (Å²) in [6.07, 6.45) is 18.6. The standard InChI is InChI=1S/C29H39NO4/c1-4-20(28-18(2)13-16-25(34-28)19(3)29(32)33)8-5-10-22-15-14-21-9-6-11-23(21)26(22)27(31)24-12-7-17-30-24/h5,7-8,10,12,14-15,17-19,21-23,25-26,28,30H,4,6,9,11,13,16H2,1-3H3,(H,32,33)/b10-5+,20-8+/t18-,19-,21-,22+,23+,25+,26+,28-/m1/s1. The van der Waals surface area contributed by atoms with E-state index in [9.17, 15) is 14.7 Å². The Hall–Kier alpha value is -2.40. The van der Waals surface area contributed by atoms with Gasteiger partial charge >= 0.3 is 5.97 Å². The zero-order valence-electron chi connectivity index (χ0n) is 20.7. The summed E-state index contributed by atoms with van der Waals surface area (Å²) in [5.41, 5.74) is 1.90. The van der Waals surface area contributed by atoms with Crippen molar-refractivity contribution in [3.8, 4) is 0 Å². The van der Waals surface area contributed by atoms with Gasteiger partial charge in [-0.1, -0.05) is 50.6 Å². The van der Waals surface area contributed by atoms with E-state index in [-0.39, 0.29) is 29.8 Å². The molecular weight excluding hydrogens is 426 g/mol. The van der Waals surface area contributed by atoms with Gasteiger partial charge in [0.2, 0.25) is 0 Å². The van der Waals surface area contributed by atoms with Crippen molar-refractivity contribution in [1.29, 1.82) is 0 Å². The molecule has 34 heavy (non-hydrogen) atoms. The maximum absolute atomic E-state index is 13.4. The van der Waals surface area contributed by atoms with Crippen LogP contribution in [0.3, 0.4) is 0 Å². The van der Waals surface area contributed by atoms with E-state index in [2.05, 4.69) is 49.2 Å². The first-order chi connectivity index (χ1) is 16.4. The molecule has 2 fully saturated rings. The van der Waals surface area contributed by atoms with E-state index in [1.54, 1.807) is 6.92 Å². The Bertz CT molecular complexity index is 943. The molecule has 0 amide bonds. The van der Waals surface area contributed by atoms with Gasteiger partial charge < -0.3 is 14.8 Å². The molecule has 5 heteroatoms. The van der Waals surface area contributed by atoms with Crippen molar-refractivity contribution in [2.24, 2.45) is 35.5 Å². The minimum Gasteiger partial charge on any atom is -0.481 e. The Kier molecular flexibility index (Phi) is 7.92. The summed E-state index contributed by atoms with van der Waals surface area (Å²) in [4.78, 5) is 28.0. The molecule has 1 aromatic heterocycles. The second kappa shape index (κ2) is 10.9. The van der Waals surface area contributed by atoms with Gasteiger partial charge in [-0.25, -0.2) is 0 Å². The van der Waals surface area contributed by atoms with E-state index in [1.807, 2.05) is 18.3 Å². The average Bonchev–Trinajstić information content (AvgIpc) is 3.53. The summed E-state index contributed by atoms with van der Waals surface area (Å²) in [7, 11) is 0. The molecule has 3 aliphatic rings. The molecule has 1 saturated carbocycles. The molecule has 4 rings (SSSR count). The number of carboxylic acid groups (broad SMARTS) is 1. The van der Waals surface area contributed by atoms with Crippen LogP contribution >= 0.6 is 0 Å². The highest BCUT2D eigenvalue weighted by molar-refractivity contribution is 5.97. The number of ether oxygens (including phenoxy) is 1. The molecule has 8 atom stereocenters. The number of carboxylic acids is 1. The van der Waals surface area contributed by atoms with Crippen LogP contribution in [0.5, 0.6) is 0 Å². The van der Waals surface area contributed by atoms with Gasteiger partial charge in [0.15, 0.2) is 5.78 Å². The maximum atomic E-state index is 13.4. The van der Waals surface area contributed by atoms with E-state index in [4.69, 9.17) is 4.74 Å². The van der Waals surface area contributed by atoms with Crippen LogP contribution in [0.2, 0.25) is 0 Å². The molecule has 1 aliphatic heterocycles. The van der Waals surface area contributed by atoms with Crippen molar-refractivity contribution in [1.82, 2.24) is 4.98 Å². The number of Topliss-reactive ketones (excluding diaryl/α,β-unsaturated/α-hetero) is 1. The number of H-pyrrole nitrogens is 1. The predicted molar refractivity (Wildman–Crippen MR) is 133 cm³/mol. The largest absolute Gasteiger partial charge is 0.481 e. The number of aromatic amines is 1. The number of aliphatic carboxylic acids is 1. The van der Waals surface area contributed by atoms with Crippen LogP contribution in [0.4, 0.5) is 0 Å². The van der Waals surface area contributed by atoms with Crippen molar-refractivity contribution in [3.63, 3.8) is 0 Å². The molecule has 1 saturated heterocycles. The second-order valence-electron chi connectivity index (χ2n) is 10.5. The predicted octanol–water partition coefficient (Wildman–Crippen LogP) is 6.21. The highest BCUT2D eigenvalue weighted by atomic mass is 16.5. The quantitative estimate of drug-likeness (QED) is 0.272. The SMILES string of the molecule is CC/C(=C\C=C\[C@H]1C=C[C@H]2CCC[C@@H]2[C@H]1C(=O)c1ccc[nH]1)[C@@H]1O[C@H]([C@@H](C)C(=O)O)CC[C@H]1C. The van der Waals surface area contributed by atoms with Crippen LogP contribution in [0, 0.1) is 35.5 Å². The number of carbonyl (C=O) groups is 2. The number of hydrogen-bond acceptors (Lipinski definition) is 3. The van der Waals surface area contributed by atoms with E-state index in [1.165, 1.54) is 18.4 Å². The topological polar surface area (TPSA) is 79.4 Å². The lowest BCUT2D eigenvalue weighted by Crippen LogP contribution is -2.40. The fourth-order valence-electron chi connectivity index (χ4n) is 6.26. The van der Waals surface area contributed by atoms with Gasteiger partial charge in [-0.2, -0.15) is 0 Å². The monoisotopic (exact) mass is 465 g/mol. The van der Waals surface area contributed by atoms with Crippen LogP contribution in [0.1, 0.15) is 69.8 Å². The van der Waals surface area contributed by atoms with Gasteiger partial charge in [-0.05, 0) is 74.5 Å². The van der Waals surface area contributed by atoms with Crippen LogP contribution < -0.4 is 0 Å². The first-order valence-corrected chi connectivity index (χ1v) is 13.0. The van der Waals surface area contributed by atoms with Crippen LogP contribution in [0.15, 0.2) is 54.3 Å². The average molecular weight is 466 g/mol. The third-order valence-electron chi connectivity index (χ3n) is 8.36. The van der Waals surface area contributed by atoms with Gasteiger partial charge in [0.05, 0.1) is 23.8 Å². The van der Waals surface area contributed by atoms with Crippen LogP contribution in [-0.4, -0.2) is 34.1 Å². The lowest BCUT2D eigenvalue weighted by atomic mass is 9.69. The normalized spacial score (nSPS) is 34.8. The molecule has 2 aliphatic carbocycles. The number of hydrogen-bond donors (Lipinski definition) is 2. The highest BCUT2D eigenvalue weighted by Gasteiger charge is 2.42. The van der Waals surface area contributed by atoms with E-state index in [0.29, 0.717) is 23.4 Å². The number of ketones is 1. The lowest BCUT2D eigenvalue weighted by molar-refractivity contribution is -0.152. The molecule has 2 N–H and O–H groups in total. The fourth-order valence-corrected chi connectivity index (χ4v) is 6.26. The van der Waals surface area contributed by atoms with Crippen LogP contribution in [-0.2, 0) is 9.53 Å². The Labute approximate surface area is 203 Å². The Morgan fingerprint density at radius 1 is 1.24 bits per heavy atom. The third-order valence-corrected chi connectivity index (χ3v) is 8.36. The molecule has 2 heterocycles. The van der Waals surface area contributed by atoms with Crippen molar-refractivity contribution < 1.29 is 19.4 Å². The minimum absolute atomic E-state index is 0.0310. The number of carbonyl (C=O) groups excluding carboxylic acids is 1. The number of rotatable bonds is 8. The summed E-state index contributed by atoms with van der Waals surface area (Å²) in [6, 6.07) is 3.78. The first kappa shape index (κ1) is 24.7. The first-order valence-electron chi connectivity index (χ1n) is 13.0. The number of nitrogens with one attached hydrogen (secondary N) is 1. The van der Waals surface area contributed by atoms with Crippen molar-refractivity contribution in [3.05, 3.63) is 60.0 Å². The van der Waals surface area contributed by atoms with E-state index in [0.717, 1.165) is 25.7 Å². The highest BCUT2D eigenvalue weighted by Crippen LogP contribution is 2.46. The van der Waals surface area contributed by atoms with Gasteiger partial charge in [0, 0.05) is 18.0 Å². The van der Waals surface area contributed by atoms with Crippen molar-refractivity contribution >= 4 is 11.8 Å². The molecule has 5 nitrogen and oxygen atoms in total. The molecular formula is C29H39NO4. The Morgan fingerprint density at radius 2 is 2.06 bits per heavy atom. The zero-order valence-corrected chi connectivity index (χ0v) is 20.7. The number of allylic oxidation sites excluding steroid dienone is 5. The second-order valence-corrected chi connectivity index (χ2v) is 10.5. The summed E-state index contributed by atoms with van der Waals surface area (Å²) < 4.78 is 6.33. The van der Waals surface area contributed by atoms with Gasteiger partial charge in [-0.3, -0.25) is 9.59 Å². The Morgan fingerprint density at radius 3 is 2.76 bits per heavy atom. The van der Waals surface area contributed by atoms with Gasteiger partial charge in [-0.15, -0.1) is 0 Å². The molecule has 0 unspecified atom stereocenters. The summed E-state index contributed by atoms with van der Waals surface area (Å²) in [5, 5.41) is 9.43. The maximum Gasteiger partial charge on any atom is 0.308 e. The smallest absolute Gasteiger partial charge is 0.308 e. The molecule has 0 spiro atoms. The third kappa shape index (κ3) is 5.14. The summed E-state index contributed by atoms with van der Waals surface area (Å²) >= 11 is 0. The lowest BCUT2D eigenvalue weighted by Gasteiger charge is -2.37. The summed E-state index contributed by atoms with van der Waals surface area (Å²) in [5.74, 6) is 0.237. The zero-order chi connectivity index (χ0) is 24.2. The Balaban J connectivity index is 1.53. The molecule has 0 radical (unpaired) electrons. The molecule has 0 aromatic carbocycles. The summed E-state index contributed by atoms with van der Waals surface area (Å²) in [6.45, 7) is 6.05.